The number of rotatable bonds is 13. The Morgan fingerprint density at radius 2 is 1.12 bits per heavy atom. The van der Waals surface area contributed by atoms with E-state index in [9.17, 15) is 0 Å². The molecule has 0 aliphatic rings. The van der Waals surface area contributed by atoms with Crippen molar-refractivity contribution < 1.29 is 0 Å². The molecule has 1 aromatic heterocycles. The van der Waals surface area contributed by atoms with Crippen molar-refractivity contribution in [3.8, 4) is 22.5 Å². The molecule has 0 N–H and O–H groups in total. The third kappa shape index (κ3) is 6.50. The standard InChI is InChI=1S/C28H39N5S/c1-6-11-12-21-34-28-29-26(22-13-17-24(18-14-22)32(7-2)8-3)27(30-31-28)23-15-19-25(20-16-23)33(9-4)10-5/h13-20H,6-12,21H2,1-5H3. The van der Waals surface area contributed by atoms with Crippen molar-refractivity contribution in [2.45, 2.75) is 59.0 Å². The lowest BCUT2D eigenvalue weighted by atomic mass is 10.0. The number of aromatic nitrogens is 3. The first-order valence-corrected chi connectivity index (χ1v) is 13.7. The Bertz CT molecular complexity index is 996. The second-order valence-electron chi connectivity index (χ2n) is 8.29. The highest BCUT2D eigenvalue weighted by molar-refractivity contribution is 7.99. The van der Waals surface area contributed by atoms with Crippen molar-refractivity contribution in [3.63, 3.8) is 0 Å². The zero-order valence-electron chi connectivity index (χ0n) is 21.4. The van der Waals surface area contributed by atoms with Crippen molar-refractivity contribution in [1.82, 2.24) is 15.2 Å². The zero-order valence-corrected chi connectivity index (χ0v) is 22.2. The molecule has 1 heterocycles. The van der Waals surface area contributed by atoms with E-state index in [1.54, 1.807) is 11.8 Å². The van der Waals surface area contributed by atoms with Gasteiger partial charge in [0.25, 0.3) is 0 Å². The van der Waals surface area contributed by atoms with Gasteiger partial charge in [0.2, 0.25) is 5.16 Å². The third-order valence-electron chi connectivity index (χ3n) is 6.19. The van der Waals surface area contributed by atoms with Crippen LogP contribution in [0.3, 0.4) is 0 Å². The first-order chi connectivity index (χ1) is 16.6. The Morgan fingerprint density at radius 3 is 1.59 bits per heavy atom. The molecule has 0 spiro atoms. The van der Waals surface area contributed by atoms with Crippen molar-refractivity contribution in [1.29, 1.82) is 0 Å². The van der Waals surface area contributed by atoms with Crippen LogP contribution in [0, 0.1) is 0 Å². The number of hydrogen-bond acceptors (Lipinski definition) is 6. The molecule has 3 aromatic rings. The average Bonchev–Trinajstić information content (AvgIpc) is 2.89. The second kappa shape index (κ2) is 13.3. The maximum absolute atomic E-state index is 4.99. The van der Waals surface area contributed by atoms with Crippen LogP contribution in [-0.4, -0.2) is 47.1 Å². The highest BCUT2D eigenvalue weighted by atomic mass is 32.2. The minimum Gasteiger partial charge on any atom is -0.372 e. The molecule has 34 heavy (non-hydrogen) atoms. The lowest BCUT2D eigenvalue weighted by molar-refractivity contribution is 0.775. The van der Waals surface area contributed by atoms with Crippen LogP contribution in [0.25, 0.3) is 22.5 Å². The fourth-order valence-corrected chi connectivity index (χ4v) is 4.91. The van der Waals surface area contributed by atoms with Crippen molar-refractivity contribution in [2.24, 2.45) is 0 Å². The van der Waals surface area contributed by atoms with Gasteiger partial charge >= 0.3 is 0 Å². The van der Waals surface area contributed by atoms with E-state index in [0.29, 0.717) is 0 Å². The van der Waals surface area contributed by atoms with E-state index in [4.69, 9.17) is 4.98 Å². The molecule has 0 saturated carbocycles. The normalized spacial score (nSPS) is 11.0. The van der Waals surface area contributed by atoms with Gasteiger partial charge in [0, 0.05) is 54.4 Å². The summed E-state index contributed by atoms with van der Waals surface area (Å²) in [6.45, 7) is 14.9. The lowest BCUT2D eigenvalue weighted by Gasteiger charge is -2.21. The number of nitrogens with zero attached hydrogens (tertiary/aromatic N) is 5. The summed E-state index contributed by atoms with van der Waals surface area (Å²) in [7, 11) is 0. The van der Waals surface area contributed by atoms with Crippen LogP contribution in [-0.2, 0) is 0 Å². The second-order valence-corrected chi connectivity index (χ2v) is 9.35. The molecule has 0 bridgehead atoms. The van der Waals surface area contributed by atoms with Gasteiger partial charge in [-0.25, -0.2) is 4.98 Å². The fraction of sp³-hybridized carbons (Fsp3) is 0.464. The topological polar surface area (TPSA) is 45.2 Å². The molecule has 2 aromatic carbocycles. The monoisotopic (exact) mass is 477 g/mol. The van der Waals surface area contributed by atoms with Crippen LogP contribution < -0.4 is 9.80 Å². The first-order valence-electron chi connectivity index (χ1n) is 12.7. The van der Waals surface area contributed by atoms with Crippen LogP contribution in [0.1, 0.15) is 53.9 Å². The summed E-state index contributed by atoms with van der Waals surface area (Å²) in [6, 6.07) is 17.3. The third-order valence-corrected chi connectivity index (χ3v) is 7.11. The van der Waals surface area contributed by atoms with Crippen LogP contribution >= 0.6 is 11.8 Å². The minimum absolute atomic E-state index is 0.752. The van der Waals surface area contributed by atoms with Gasteiger partial charge in [-0.1, -0.05) is 55.8 Å². The number of benzene rings is 2. The molecule has 5 nitrogen and oxygen atoms in total. The number of thioether (sulfide) groups is 1. The molecule has 0 aliphatic heterocycles. The maximum Gasteiger partial charge on any atom is 0.209 e. The van der Waals surface area contributed by atoms with Gasteiger partial charge < -0.3 is 9.80 Å². The van der Waals surface area contributed by atoms with Crippen LogP contribution in [0.4, 0.5) is 11.4 Å². The van der Waals surface area contributed by atoms with Gasteiger partial charge in [-0.05, 0) is 58.4 Å². The van der Waals surface area contributed by atoms with Gasteiger partial charge in [0.1, 0.15) is 11.4 Å². The molecule has 6 heteroatoms. The Hall–Kier alpha value is -2.60. The van der Waals surface area contributed by atoms with Crippen LogP contribution in [0.15, 0.2) is 53.7 Å². The molecule has 0 fully saturated rings. The molecule has 0 radical (unpaired) electrons. The van der Waals surface area contributed by atoms with Crippen LogP contribution in [0.5, 0.6) is 0 Å². The fourth-order valence-electron chi connectivity index (χ4n) is 4.12. The number of anilines is 2. The summed E-state index contributed by atoms with van der Waals surface area (Å²) in [5, 5.41) is 9.91. The Labute approximate surface area is 210 Å². The molecule has 0 saturated heterocycles. The largest absolute Gasteiger partial charge is 0.372 e. The molecule has 3 rings (SSSR count). The summed E-state index contributed by atoms with van der Waals surface area (Å²) in [5.41, 5.74) is 6.30. The van der Waals surface area contributed by atoms with E-state index in [0.717, 1.165) is 59.6 Å². The maximum atomic E-state index is 4.99. The molecular weight excluding hydrogens is 438 g/mol. The van der Waals surface area contributed by atoms with E-state index < -0.39 is 0 Å². The Kier molecular flexibility index (Phi) is 10.2. The molecule has 0 amide bonds. The highest BCUT2D eigenvalue weighted by Gasteiger charge is 2.15. The smallest absolute Gasteiger partial charge is 0.209 e. The minimum atomic E-state index is 0.752. The van der Waals surface area contributed by atoms with Crippen molar-refractivity contribution in [3.05, 3.63) is 48.5 Å². The summed E-state index contributed by atoms with van der Waals surface area (Å²) >= 11 is 1.70. The molecule has 0 aliphatic carbocycles. The van der Waals surface area contributed by atoms with Crippen LogP contribution in [0.2, 0.25) is 0 Å². The van der Waals surface area contributed by atoms with Crippen molar-refractivity contribution >= 4 is 23.1 Å². The van der Waals surface area contributed by atoms with E-state index in [2.05, 4.69) is 103 Å². The SMILES string of the molecule is CCCCCSc1nnc(-c2ccc(N(CC)CC)cc2)c(-c2ccc(N(CC)CC)cc2)n1. The number of unbranched alkanes of at least 4 members (excludes halogenated alkanes) is 2. The quantitative estimate of drug-likeness (QED) is 0.192. The van der Waals surface area contributed by atoms with E-state index in [1.807, 2.05) is 0 Å². The first kappa shape index (κ1) is 26.0. The summed E-state index contributed by atoms with van der Waals surface area (Å²) in [6.07, 6.45) is 3.62. The average molecular weight is 478 g/mol. The van der Waals surface area contributed by atoms with E-state index in [-0.39, 0.29) is 0 Å². The molecule has 0 atom stereocenters. The summed E-state index contributed by atoms with van der Waals surface area (Å²) in [5.74, 6) is 1.02. The van der Waals surface area contributed by atoms with Gasteiger partial charge in [-0.2, -0.15) is 0 Å². The molecular formula is C28H39N5S. The Balaban J connectivity index is 1.97. The zero-order chi connectivity index (χ0) is 24.3. The Morgan fingerprint density at radius 1 is 0.618 bits per heavy atom. The van der Waals surface area contributed by atoms with Crippen molar-refractivity contribution in [2.75, 3.05) is 41.7 Å². The molecule has 182 valence electrons. The van der Waals surface area contributed by atoms with E-state index >= 15 is 0 Å². The number of hydrogen-bond donors (Lipinski definition) is 0. The van der Waals surface area contributed by atoms with Gasteiger partial charge in [-0.15, -0.1) is 10.2 Å². The predicted octanol–water partition coefficient (Wildman–Crippen LogP) is 7.18. The van der Waals surface area contributed by atoms with E-state index in [1.165, 1.54) is 30.6 Å². The summed E-state index contributed by atoms with van der Waals surface area (Å²) in [4.78, 5) is 9.68. The summed E-state index contributed by atoms with van der Waals surface area (Å²) < 4.78 is 0. The predicted molar refractivity (Wildman–Crippen MR) is 148 cm³/mol. The molecule has 0 unspecified atom stereocenters. The highest BCUT2D eigenvalue weighted by Crippen LogP contribution is 2.32. The lowest BCUT2D eigenvalue weighted by Crippen LogP contribution is -2.21. The van der Waals surface area contributed by atoms with Gasteiger partial charge in [0.15, 0.2) is 0 Å². The van der Waals surface area contributed by atoms with Gasteiger partial charge in [-0.3, -0.25) is 0 Å². The van der Waals surface area contributed by atoms with Gasteiger partial charge in [0.05, 0.1) is 0 Å².